The number of para-hydroxylation sites is 1. The van der Waals surface area contributed by atoms with E-state index in [0.29, 0.717) is 11.0 Å². The molecular formula is C13H13N3O3PS+. The molecule has 0 fully saturated rings. The van der Waals surface area contributed by atoms with Crippen molar-refractivity contribution in [2.75, 3.05) is 11.9 Å². The number of benzene rings is 1. The Hall–Kier alpha value is -2.24. The van der Waals surface area contributed by atoms with E-state index in [-0.39, 0.29) is 6.54 Å². The van der Waals surface area contributed by atoms with E-state index >= 15 is 0 Å². The second kappa shape index (κ2) is 6.97. The Morgan fingerprint density at radius 1 is 1.19 bits per heavy atom. The third-order valence-corrected chi connectivity index (χ3v) is 5.39. The highest BCUT2D eigenvalue weighted by Crippen LogP contribution is 2.26. The van der Waals surface area contributed by atoms with Gasteiger partial charge in [-0.15, -0.1) is 0 Å². The smallest absolute Gasteiger partial charge is 0.352 e. The molecule has 0 radical (unpaired) electrons. The van der Waals surface area contributed by atoms with Crippen molar-refractivity contribution in [2.45, 2.75) is 0 Å². The summed E-state index contributed by atoms with van der Waals surface area (Å²) in [5, 5.41) is 7.21. The minimum absolute atomic E-state index is 0.237. The quantitative estimate of drug-likeness (QED) is 0.719. The molecule has 0 bridgehead atoms. The number of thiophene rings is 1. The number of carbonyl (C=O) groups is 2. The summed E-state index contributed by atoms with van der Waals surface area (Å²) < 4.78 is 13.2. The Bertz CT molecular complexity index is 673. The largest absolute Gasteiger partial charge is 0.428 e. The second-order valence-corrected chi connectivity index (χ2v) is 6.83. The Kier molecular flexibility index (Phi) is 5.03. The van der Waals surface area contributed by atoms with Crippen LogP contribution in [0.3, 0.4) is 0 Å². The highest BCUT2D eigenvalue weighted by atomic mass is 32.1. The zero-order valence-corrected chi connectivity index (χ0v) is 12.6. The number of hydrogen-bond donors (Lipinski definition) is 3. The monoisotopic (exact) mass is 322 g/mol. The van der Waals surface area contributed by atoms with Crippen LogP contribution in [0.4, 0.5) is 10.5 Å². The summed E-state index contributed by atoms with van der Waals surface area (Å²) in [6.45, 7) is -0.237. The molecule has 2 aromatic rings. The molecule has 4 N–H and O–H groups in total. The van der Waals surface area contributed by atoms with Gasteiger partial charge in [0.1, 0.15) is 0 Å². The molecule has 0 saturated carbocycles. The summed E-state index contributed by atoms with van der Waals surface area (Å²) in [4.78, 5) is 22.3. The van der Waals surface area contributed by atoms with Crippen molar-refractivity contribution in [2.24, 2.45) is 5.73 Å². The molecule has 3 amide bonds. The molecule has 1 heterocycles. The van der Waals surface area contributed by atoms with Crippen LogP contribution in [-0.2, 0) is 9.36 Å². The topological polar surface area (TPSA) is 101 Å². The van der Waals surface area contributed by atoms with E-state index in [9.17, 15) is 14.2 Å². The first-order chi connectivity index (χ1) is 10.1. The van der Waals surface area contributed by atoms with Gasteiger partial charge in [-0.1, -0.05) is 28.0 Å². The highest BCUT2D eigenvalue weighted by Gasteiger charge is 2.28. The predicted octanol–water partition coefficient (Wildman–Crippen LogP) is 1.13. The number of carbonyl (C=O) groups excluding carboxylic acids is 2. The molecule has 8 heteroatoms. The third-order valence-electron chi connectivity index (χ3n) is 2.53. The zero-order chi connectivity index (χ0) is 15.2. The van der Waals surface area contributed by atoms with E-state index in [1.165, 1.54) is 11.3 Å². The van der Waals surface area contributed by atoms with Gasteiger partial charge in [0.25, 0.3) is 0 Å². The molecule has 6 nitrogen and oxygen atoms in total. The maximum Gasteiger partial charge on any atom is 0.428 e. The Morgan fingerprint density at radius 2 is 1.95 bits per heavy atom. The maximum atomic E-state index is 12.5. The van der Waals surface area contributed by atoms with Crippen molar-refractivity contribution in [1.82, 2.24) is 5.32 Å². The zero-order valence-electron chi connectivity index (χ0n) is 10.9. The standard InChI is InChI=1S/C13H12N3O3PS/c14-13(18)15-8-11(17)16-9-4-1-2-5-10(9)20(19)12-6-3-7-21-12/h1-7H,8H2,(H3-,14,15,16,17,18,19)/p+1. The van der Waals surface area contributed by atoms with Gasteiger partial charge in [0.15, 0.2) is 0 Å². The molecule has 1 atom stereocenters. The third kappa shape index (κ3) is 4.11. The van der Waals surface area contributed by atoms with E-state index < -0.39 is 19.7 Å². The van der Waals surface area contributed by atoms with Gasteiger partial charge in [-0.05, 0) is 23.6 Å². The Balaban J connectivity index is 2.15. The highest BCUT2D eigenvalue weighted by molar-refractivity contribution is 7.68. The van der Waals surface area contributed by atoms with E-state index in [4.69, 9.17) is 5.73 Å². The molecule has 1 aromatic carbocycles. The van der Waals surface area contributed by atoms with Crippen LogP contribution in [0.15, 0.2) is 41.8 Å². The van der Waals surface area contributed by atoms with Crippen LogP contribution >= 0.6 is 19.1 Å². The van der Waals surface area contributed by atoms with E-state index in [2.05, 4.69) is 10.6 Å². The Morgan fingerprint density at radius 3 is 2.62 bits per heavy atom. The number of urea groups is 1. The summed E-state index contributed by atoms with van der Waals surface area (Å²) >= 11 is 1.40. The molecule has 2 rings (SSSR count). The summed E-state index contributed by atoms with van der Waals surface area (Å²) in [6, 6.07) is 9.70. The molecular weight excluding hydrogens is 309 g/mol. The predicted molar refractivity (Wildman–Crippen MR) is 83.9 cm³/mol. The number of rotatable bonds is 5. The van der Waals surface area contributed by atoms with Crippen molar-refractivity contribution >= 4 is 46.7 Å². The number of amides is 3. The lowest BCUT2D eigenvalue weighted by Gasteiger charge is -2.05. The van der Waals surface area contributed by atoms with Crippen molar-refractivity contribution in [3.05, 3.63) is 41.8 Å². The number of primary amides is 1. The molecule has 0 saturated heterocycles. The molecule has 0 aliphatic rings. The van der Waals surface area contributed by atoms with Crippen LogP contribution in [0, 0.1) is 0 Å². The molecule has 0 spiro atoms. The van der Waals surface area contributed by atoms with Gasteiger partial charge < -0.3 is 16.4 Å². The van der Waals surface area contributed by atoms with Crippen LogP contribution in [0.5, 0.6) is 0 Å². The van der Waals surface area contributed by atoms with Gasteiger partial charge in [-0.3, -0.25) is 4.79 Å². The van der Waals surface area contributed by atoms with Crippen LogP contribution in [0.2, 0.25) is 0 Å². The summed E-state index contributed by atoms with van der Waals surface area (Å²) in [5.74, 6) is -0.434. The minimum Gasteiger partial charge on any atom is -0.352 e. The fourth-order valence-electron chi connectivity index (χ4n) is 1.62. The molecule has 0 aliphatic heterocycles. The van der Waals surface area contributed by atoms with Crippen molar-refractivity contribution < 1.29 is 14.2 Å². The van der Waals surface area contributed by atoms with E-state index in [1.54, 1.807) is 30.3 Å². The van der Waals surface area contributed by atoms with Gasteiger partial charge >= 0.3 is 13.8 Å². The van der Waals surface area contributed by atoms with Gasteiger partial charge in [0.2, 0.25) is 15.8 Å². The van der Waals surface area contributed by atoms with E-state index in [0.717, 1.165) is 4.62 Å². The van der Waals surface area contributed by atoms with Crippen LogP contribution in [0.25, 0.3) is 0 Å². The maximum absolute atomic E-state index is 12.5. The summed E-state index contributed by atoms with van der Waals surface area (Å²) in [5.41, 5.74) is 5.36. The second-order valence-electron chi connectivity index (χ2n) is 4.03. The average Bonchev–Trinajstić information content (AvgIpc) is 2.99. The average molecular weight is 322 g/mol. The fraction of sp³-hybridized carbons (Fsp3) is 0.0769. The normalized spacial score (nSPS) is 10.8. The van der Waals surface area contributed by atoms with Crippen LogP contribution in [-0.4, -0.2) is 18.5 Å². The number of nitrogens with two attached hydrogens (primary N) is 1. The lowest BCUT2D eigenvalue weighted by Crippen LogP contribution is -2.36. The van der Waals surface area contributed by atoms with Crippen molar-refractivity contribution in [1.29, 1.82) is 0 Å². The number of hydrogen-bond acceptors (Lipinski definition) is 4. The SMILES string of the molecule is NC(=O)NCC(=O)Nc1ccccc1[P+](=O)c1cccs1. The van der Waals surface area contributed by atoms with Crippen LogP contribution in [0.1, 0.15) is 0 Å². The molecule has 0 aliphatic carbocycles. The van der Waals surface area contributed by atoms with Gasteiger partial charge in [-0.25, -0.2) is 4.79 Å². The van der Waals surface area contributed by atoms with Gasteiger partial charge in [-0.2, -0.15) is 0 Å². The van der Waals surface area contributed by atoms with Crippen molar-refractivity contribution in [3.8, 4) is 0 Å². The first-order valence-electron chi connectivity index (χ1n) is 6.01. The lowest BCUT2D eigenvalue weighted by atomic mass is 10.3. The van der Waals surface area contributed by atoms with Gasteiger partial charge in [0, 0.05) is 6.07 Å². The molecule has 21 heavy (non-hydrogen) atoms. The first-order valence-corrected chi connectivity index (χ1v) is 8.15. The number of nitrogens with one attached hydrogen (secondary N) is 2. The lowest BCUT2D eigenvalue weighted by molar-refractivity contribution is -0.115. The Labute approximate surface area is 126 Å². The van der Waals surface area contributed by atoms with Crippen molar-refractivity contribution in [3.63, 3.8) is 0 Å². The number of anilines is 1. The minimum atomic E-state index is -1.77. The molecule has 1 unspecified atom stereocenters. The van der Waals surface area contributed by atoms with Crippen LogP contribution < -0.4 is 26.3 Å². The van der Waals surface area contributed by atoms with Gasteiger partial charge in [0.05, 0.1) is 12.2 Å². The molecule has 1 aromatic heterocycles. The summed E-state index contributed by atoms with van der Waals surface area (Å²) in [6.07, 6.45) is 0. The van der Waals surface area contributed by atoms with E-state index in [1.807, 2.05) is 11.4 Å². The first kappa shape index (κ1) is 15.2. The molecule has 108 valence electrons. The summed E-state index contributed by atoms with van der Waals surface area (Å²) in [7, 11) is -1.77. The fourth-order valence-corrected chi connectivity index (χ4v) is 3.97.